The van der Waals surface area contributed by atoms with Crippen LogP contribution < -0.4 is 0 Å². The lowest BCUT2D eigenvalue weighted by Gasteiger charge is -2.04. The van der Waals surface area contributed by atoms with E-state index in [9.17, 15) is 8.78 Å². The van der Waals surface area contributed by atoms with Gasteiger partial charge in [-0.2, -0.15) is 8.78 Å². The summed E-state index contributed by atoms with van der Waals surface area (Å²) < 4.78 is 28.1. The maximum atomic E-state index is 11.9. The Balaban J connectivity index is 4.05. The highest BCUT2D eigenvalue weighted by Gasteiger charge is 2.02. The Morgan fingerprint density at radius 3 is 2.53 bits per heavy atom. The highest BCUT2D eigenvalue weighted by Crippen LogP contribution is 2.09. The van der Waals surface area contributed by atoms with E-state index in [0.29, 0.717) is 5.92 Å². The molecule has 0 saturated heterocycles. The Kier molecular flexibility index (Phi) is 7.60. The van der Waals surface area contributed by atoms with E-state index in [0.717, 1.165) is 12.8 Å². The van der Waals surface area contributed by atoms with E-state index in [1.165, 1.54) is 12.2 Å². The van der Waals surface area contributed by atoms with Crippen LogP contribution in [0, 0.1) is 5.92 Å². The second-order valence-corrected chi connectivity index (χ2v) is 3.56. The molecule has 0 bridgehead atoms. The molecule has 0 aliphatic carbocycles. The SMILES string of the molecule is C=C/C=C(\C=C/CCC(C)C)OC(F)F. The zero-order chi connectivity index (χ0) is 11.7. The molecule has 0 amide bonds. The fourth-order valence-corrected chi connectivity index (χ4v) is 0.982. The van der Waals surface area contributed by atoms with Gasteiger partial charge in [0.1, 0.15) is 5.76 Å². The maximum Gasteiger partial charge on any atom is 0.387 e. The van der Waals surface area contributed by atoms with Gasteiger partial charge < -0.3 is 4.74 Å². The minimum Gasteiger partial charge on any atom is -0.435 e. The molecule has 0 aliphatic rings. The molecule has 0 aromatic carbocycles. The van der Waals surface area contributed by atoms with Gasteiger partial charge in [-0.05, 0) is 30.9 Å². The molecule has 0 aliphatic heterocycles. The highest BCUT2D eigenvalue weighted by atomic mass is 19.3. The molecule has 0 saturated carbocycles. The Morgan fingerprint density at radius 1 is 1.40 bits per heavy atom. The molecule has 0 N–H and O–H groups in total. The van der Waals surface area contributed by atoms with E-state index in [4.69, 9.17) is 0 Å². The van der Waals surface area contributed by atoms with Crippen LogP contribution in [0.1, 0.15) is 26.7 Å². The van der Waals surface area contributed by atoms with Crippen molar-refractivity contribution in [2.75, 3.05) is 0 Å². The summed E-state index contributed by atoms with van der Waals surface area (Å²) in [6.07, 6.45) is 8.11. The first-order valence-electron chi connectivity index (χ1n) is 5.00. The van der Waals surface area contributed by atoms with Crippen LogP contribution in [-0.2, 0) is 4.74 Å². The number of hydrogen-bond acceptors (Lipinski definition) is 1. The molecule has 0 aromatic rings. The van der Waals surface area contributed by atoms with Crippen LogP contribution in [0.15, 0.2) is 36.6 Å². The van der Waals surface area contributed by atoms with E-state index in [1.54, 1.807) is 6.08 Å². The summed E-state index contributed by atoms with van der Waals surface area (Å²) in [6, 6.07) is 0. The smallest absolute Gasteiger partial charge is 0.387 e. The van der Waals surface area contributed by atoms with Crippen molar-refractivity contribution in [3.05, 3.63) is 36.6 Å². The van der Waals surface area contributed by atoms with Gasteiger partial charge in [0, 0.05) is 0 Å². The summed E-state index contributed by atoms with van der Waals surface area (Å²) in [4.78, 5) is 0. The molecule has 0 aromatic heterocycles. The minimum atomic E-state index is -2.79. The number of ether oxygens (including phenoxy) is 1. The molecule has 0 rings (SSSR count). The molecular weight excluding hydrogens is 198 g/mol. The Bertz CT molecular complexity index is 230. The summed E-state index contributed by atoms with van der Waals surface area (Å²) in [7, 11) is 0. The average Bonchev–Trinajstić information content (AvgIpc) is 2.11. The van der Waals surface area contributed by atoms with Gasteiger partial charge in [0.25, 0.3) is 0 Å². The van der Waals surface area contributed by atoms with Crippen LogP contribution in [-0.4, -0.2) is 6.61 Å². The van der Waals surface area contributed by atoms with Crippen molar-refractivity contribution in [1.29, 1.82) is 0 Å². The van der Waals surface area contributed by atoms with Gasteiger partial charge in [0.2, 0.25) is 0 Å². The third kappa shape index (κ3) is 9.19. The van der Waals surface area contributed by atoms with Gasteiger partial charge in [-0.25, -0.2) is 0 Å². The first-order chi connectivity index (χ1) is 7.06. The van der Waals surface area contributed by atoms with Gasteiger partial charge in [-0.3, -0.25) is 0 Å². The van der Waals surface area contributed by atoms with Crippen molar-refractivity contribution in [3.8, 4) is 0 Å². The van der Waals surface area contributed by atoms with Gasteiger partial charge >= 0.3 is 6.61 Å². The molecule has 1 nitrogen and oxygen atoms in total. The van der Waals surface area contributed by atoms with E-state index < -0.39 is 6.61 Å². The molecule has 0 radical (unpaired) electrons. The molecule has 0 atom stereocenters. The van der Waals surface area contributed by atoms with E-state index in [-0.39, 0.29) is 5.76 Å². The standard InChI is InChI=1S/C12H18F2O/c1-4-7-11(15-12(13)14)9-6-5-8-10(2)3/h4,6-7,9-10,12H,1,5,8H2,2-3H3/b9-6-,11-7+. The van der Waals surface area contributed by atoms with Crippen LogP contribution in [0.4, 0.5) is 8.78 Å². The number of allylic oxidation sites excluding steroid dienone is 4. The predicted molar refractivity (Wildman–Crippen MR) is 58.6 cm³/mol. The maximum absolute atomic E-state index is 11.9. The zero-order valence-corrected chi connectivity index (χ0v) is 9.25. The summed E-state index contributed by atoms with van der Waals surface area (Å²) in [5.74, 6) is 0.751. The van der Waals surface area contributed by atoms with Gasteiger partial charge in [0.15, 0.2) is 0 Å². The van der Waals surface area contributed by atoms with Crippen molar-refractivity contribution < 1.29 is 13.5 Å². The first-order valence-corrected chi connectivity index (χ1v) is 5.00. The van der Waals surface area contributed by atoms with Crippen molar-refractivity contribution in [3.63, 3.8) is 0 Å². The third-order valence-electron chi connectivity index (χ3n) is 1.70. The fourth-order valence-electron chi connectivity index (χ4n) is 0.982. The van der Waals surface area contributed by atoms with Gasteiger partial charge in [-0.1, -0.05) is 32.6 Å². The van der Waals surface area contributed by atoms with E-state index >= 15 is 0 Å². The van der Waals surface area contributed by atoms with Crippen LogP contribution >= 0.6 is 0 Å². The molecule has 3 heteroatoms. The second kappa shape index (κ2) is 8.21. The van der Waals surface area contributed by atoms with Crippen molar-refractivity contribution >= 4 is 0 Å². The summed E-state index contributed by atoms with van der Waals surface area (Å²) >= 11 is 0. The Morgan fingerprint density at radius 2 is 2.07 bits per heavy atom. The predicted octanol–water partition coefficient (Wildman–Crippen LogP) is 4.29. The molecule has 15 heavy (non-hydrogen) atoms. The van der Waals surface area contributed by atoms with Gasteiger partial charge in [0.05, 0.1) is 0 Å². The molecule has 86 valence electrons. The van der Waals surface area contributed by atoms with Crippen LogP contribution in [0.5, 0.6) is 0 Å². The molecule has 0 fully saturated rings. The minimum absolute atomic E-state index is 0.142. The van der Waals surface area contributed by atoms with Crippen LogP contribution in [0.25, 0.3) is 0 Å². The Hall–Kier alpha value is -1.12. The topological polar surface area (TPSA) is 9.23 Å². The molecular formula is C12H18F2O. The number of rotatable bonds is 7. The molecule has 0 unspecified atom stereocenters. The largest absolute Gasteiger partial charge is 0.435 e. The first kappa shape index (κ1) is 13.9. The van der Waals surface area contributed by atoms with Crippen molar-refractivity contribution in [2.24, 2.45) is 5.92 Å². The highest BCUT2D eigenvalue weighted by molar-refractivity contribution is 5.17. The second-order valence-electron chi connectivity index (χ2n) is 3.56. The number of alkyl halides is 2. The molecule has 0 heterocycles. The van der Waals surface area contributed by atoms with Crippen LogP contribution in [0.3, 0.4) is 0 Å². The monoisotopic (exact) mass is 216 g/mol. The van der Waals surface area contributed by atoms with Crippen molar-refractivity contribution in [1.82, 2.24) is 0 Å². The number of hydrogen-bond donors (Lipinski definition) is 0. The lowest BCUT2D eigenvalue weighted by atomic mass is 10.1. The van der Waals surface area contributed by atoms with E-state index in [2.05, 4.69) is 25.2 Å². The van der Waals surface area contributed by atoms with Crippen LogP contribution in [0.2, 0.25) is 0 Å². The molecule has 0 spiro atoms. The lowest BCUT2D eigenvalue weighted by molar-refractivity contribution is -0.0920. The van der Waals surface area contributed by atoms with Gasteiger partial charge in [-0.15, -0.1) is 0 Å². The number of halogens is 2. The van der Waals surface area contributed by atoms with E-state index in [1.807, 2.05) is 6.08 Å². The summed E-state index contributed by atoms with van der Waals surface area (Å²) in [6.45, 7) is 4.87. The zero-order valence-electron chi connectivity index (χ0n) is 9.25. The quantitative estimate of drug-likeness (QED) is 0.455. The normalized spacial score (nSPS) is 12.8. The fraction of sp³-hybridized carbons (Fsp3) is 0.500. The summed E-state index contributed by atoms with van der Waals surface area (Å²) in [5, 5.41) is 0. The third-order valence-corrected chi connectivity index (χ3v) is 1.70. The average molecular weight is 216 g/mol. The summed E-state index contributed by atoms with van der Waals surface area (Å²) in [5.41, 5.74) is 0. The Labute approximate surface area is 90.1 Å². The lowest BCUT2D eigenvalue weighted by Crippen LogP contribution is -1.96. The van der Waals surface area contributed by atoms with Crippen molar-refractivity contribution in [2.45, 2.75) is 33.3 Å².